The van der Waals surface area contributed by atoms with Crippen molar-refractivity contribution in [1.82, 2.24) is 0 Å². The maximum Gasteiger partial charge on any atom is 0.277 e. The number of rotatable bonds is 5. The SMILES string of the molecule is CC(=O)Nc1cccc(NC(=O)c2cc([N+](=O)[O-])cc([N+](=O)[O-])c2[O-])c1. The number of nitrogens with zero attached hydrogens (tertiary/aromatic N) is 2. The molecule has 2 aromatic rings. The van der Waals surface area contributed by atoms with Crippen molar-refractivity contribution in [2.24, 2.45) is 0 Å². The van der Waals surface area contributed by atoms with Crippen molar-refractivity contribution in [1.29, 1.82) is 0 Å². The molecule has 2 amide bonds. The van der Waals surface area contributed by atoms with Crippen molar-refractivity contribution in [3.05, 3.63) is 62.2 Å². The number of amides is 2. The van der Waals surface area contributed by atoms with Gasteiger partial charge in [0.15, 0.2) is 0 Å². The maximum absolute atomic E-state index is 12.3. The molecule has 0 bridgehead atoms. The number of hydrogen-bond donors (Lipinski definition) is 2. The third-order valence-corrected chi connectivity index (χ3v) is 3.15. The van der Waals surface area contributed by atoms with Crippen LogP contribution >= 0.6 is 0 Å². The first-order chi connectivity index (χ1) is 12.2. The fourth-order valence-electron chi connectivity index (χ4n) is 2.08. The van der Waals surface area contributed by atoms with Crippen LogP contribution in [0.15, 0.2) is 36.4 Å². The molecule has 11 nitrogen and oxygen atoms in total. The van der Waals surface area contributed by atoms with Crippen molar-refractivity contribution >= 4 is 34.6 Å². The quantitative estimate of drug-likeness (QED) is 0.605. The third kappa shape index (κ3) is 4.08. The van der Waals surface area contributed by atoms with Gasteiger partial charge in [-0.2, -0.15) is 0 Å². The van der Waals surface area contributed by atoms with Gasteiger partial charge < -0.3 is 15.7 Å². The first kappa shape index (κ1) is 18.3. The van der Waals surface area contributed by atoms with Gasteiger partial charge in [0.25, 0.3) is 17.3 Å². The predicted octanol–water partition coefficient (Wildman–Crippen LogP) is 1.79. The minimum atomic E-state index is -1.24. The highest BCUT2D eigenvalue weighted by Crippen LogP contribution is 2.32. The fraction of sp³-hybridized carbons (Fsp3) is 0.0667. The zero-order valence-corrected chi connectivity index (χ0v) is 13.2. The average Bonchev–Trinajstić information content (AvgIpc) is 2.54. The van der Waals surface area contributed by atoms with E-state index in [2.05, 4.69) is 10.6 Å². The lowest BCUT2D eigenvalue weighted by Gasteiger charge is -2.14. The van der Waals surface area contributed by atoms with Crippen molar-refractivity contribution in [3.63, 3.8) is 0 Å². The van der Waals surface area contributed by atoms with Crippen LogP contribution in [0.2, 0.25) is 0 Å². The summed E-state index contributed by atoms with van der Waals surface area (Å²) < 4.78 is 0. The number of nitrogens with one attached hydrogen (secondary N) is 2. The van der Waals surface area contributed by atoms with Gasteiger partial charge in [-0.15, -0.1) is 0 Å². The Morgan fingerprint density at radius 2 is 1.58 bits per heavy atom. The Bertz CT molecular complexity index is 926. The lowest BCUT2D eigenvalue weighted by atomic mass is 10.1. The van der Waals surface area contributed by atoms with Gasteiger partial charge in [-0.05, 0) is 23.9 Å². The molecule has 0 fully saturated rings. The second kappa shape index (κ2) is 7.25. The van der Waals surface area contributed by atoms with E-state index in [1.807, 2.05) is 0 Å². The van der Waals surface area contributed by atoms with Crippen LogP contribution in [-0.4, -0.2) is 21.7 Å². The summed E-state index contributed by atoms with van der Waals surface area (Å²) in [5.74, 6) is -2.64. The summed E-state index contributed by atoms with van der Waals surface area (Å²) in [6.45, 7) is 1.29. The molecule has 0 saturated carbocycles. The van der Waals surface area contributed by atoms with Crippen LogP contribution in [0.1, 0.15) is 17.3 Å². The molecular weight excluding hydrogens is 348 g/mol. The van der Waals surface area contributed by atoms with E-state index in [0.29, 0.717) is 17.8 Å². The molecule has 26 heavy (non-hydrogen) atoms. The minimum absolute atomic E-state index is 0.176. The number of nitro benzene ring substituents is 2. The molecule has 0 aliphatic rings. The van der Waals surface area contributed by atoms with E-state index in [1.165, 1.54) is 25.1 Å². The van der Waals surface area contributed by atoms with Gasteiger partial charge in [0.05, 0.1) is 15.9 Å². The molecule has 11 heteroatoms. The summed E-state index contributed by atoms with van der Waals surface area (Å²) in [6.07, 6.45) is 0. The number of benzene rings is 2. The summed E-state index contributed by atoms with van der Waals surface area (Å²) in [5, 5.41) is 38.6. The molecule has 0 aliphatic heterocycles. The molecule has 0 heterocycles. The number of carbonyl (C=O) groups is 2. The first-order valence-electron chi connectivity index (χ1n) is 7.02. The predicted molar refractivity (Wildman–Crippen MR) is 87.9 cm³/mol. The van der Waals surface area contributed by atoms with E-state index < -0.39 is 38.4 Å². The number of anilines is 2. The molecule has 0 saturated heterocycles. The number of nitro groups is 2. The normalized spacial score (nSPS) is 10.0. The standard InChI is InChI=1S/C15H12N4O7/c1-8(20)16-9-3-2-4-10(5-9)17-15(22)12-6-11(18(23)24)7-13(14(12)21)19(25)26/h2-7,21H,1H3,(H,16,20)(H,17,22)/p-1. The molecular formula is C15H11N4O7-. The zero-order chi connectivity index (χ0) is 19.4. The van der Waals surface area contributed by atoms with E-state index in [0.717, 1.165) is 0 Å². The van der Waals surface area contributed by atoms with Crippen LogP contribution in [0.25, 0.3) is 0 Å². The van der Waals surface area contributed by atoms with E-state index in [-0.39, 0.29) is 11.6 Å². The summed E-state index contributed by atoms with van der Waals surface area (Å²) >= 11 is 0. The number of carbonyl (C=O) groups excluding carboxylic acids is 2. The second-order valence-electron chi connectivity index (χ2n) is 5.07. The highest BCUT2D eigenvalue weighted by molar-refractivity contribution is 6.07. The molecule has 0 spiro atoms. The Labute approximate surface area is 145 Å². The van der Waals surface area contributed by atoms with Gasteiger partial charge in [-0.1, -0.05) is 6.07 Å². The summed E-state index contributed by atoms with van der Waals surface area (Å²) in [5.41, 5.74) is -2.03. The molecule has 2 rings (SSSR count). The lowest BCUT2D eigenvalue weighted by Crippen LogP contribution is -2.16. The molecule has 134 valence electrons. The van der Waals surface area contributed by atoms with Gasteiger partial charge >= 0.3 is 0 Å². The highest BCUT2D eigenvalue weighted by atomic mass is 16.6. The van der Waals surface area contributed by atoms with E-state index >= 15 is 0 Å². The fourth-order valence-corrected chi connectivity index (χ4v) is 2.08. The van der Waals surface area contributed by atoms with Gasteiger partial charge in [0.2, 0.25) is 5.91 Å². The zero-order valence-electron chi connectivity index (χ0n) is 13.2. The molecule has 0 radical (unpaired) electrons. The summed E-state index contributed by atoms with van der Waals surface area (Å²) in [7, 11) is 0. The molecule has 2 aromatic carbocycles. The molecule has 0 aromatic heterocycles. The maximum atomic E-state index is 12.3. The second-order valence-corrected chi connectivity index (χ2v) is 5.07. The Morgan fingerprint density at radius 1 is 0.962 bits per heavy atom. The summed E-state index contributed by atoms with van der Waals surface area (Å²) in [6, 6.07) is 7.05. The van der Waals surface area contributed by atoms with Crippen LogP contribution in [0.4, 0.5) is 22.7 Å². The molecule has 0 atom stereocenters. The first-order valence-corrected chi connectivity index (χ1v) is 7.02. The largest absolute Gasteiger partial charge is 0.867 e. The van der Waals surface area contributed by atoms with Crippen molar-refractivity contribution < 1.29 is 24.5 Å². The molecule has 0 aliphatic carbocycles. The Balaban J connectivity index is 2.39. The molecule has 0 unspecified atom stereocenters. The van der Waals surface area contributed by atoms with Gasteiger partial charge in [-0.25, -0.2) is 0 Å². The number of non-ortho nitro benzene ring substituents is 1. The van der Waals surface area contributed by atoms with Crippen LogP contribution < -0.4 is 15.7 Å². The van der Waals surface area contributed by atoms with Crippen molar-refractivity contribution in [2.45, 2.75) is 6.92 Å². The Kier molecular flexibility index (Phi) is 5.11. The minimum Gasteiger partial charge on any atom is -0.867 e. The highest BCUT2D eigenvalue weighted by Gasteiger charge is 2.22. The topological polar surface area (TPSA) is 168 Å². The van der Waals surface area contributed by atoms with Crippen LogP contribution in [0.3, 0.4) is 0 Å². The van der Waals surface area contributed by atoms with Gasteiger partial charge in [0, 0.05) is 29.9 Å². The third-order valence-electron chi connectivity index (χ3n) is 3.15. The van der Waals surface area contributed by atoms with E-state index in [9.17, 15) is 34.9 Å². The lowest BCUT2D eigenvalue weighted by molar-refractivity contribution is -0.403. The Morgan fingerprint density at radius 3 is 2.12 bits per heavy atom. The summed E-state index contributed by atoms with van der Waals surface area (Å²) in [4.78, 5) is 43.0. The van der Waals surface area contributed by atoms with Crippen LogP contribution in [0.5, 0.6) is 5.75 Å². The van der Waals surface area contributed by atoms with Gasteiger partial charge in [0.1, 0.15) is 0 Å². The Hall–Kier alpha value is -4.02. The van der Waals surface area contributed by atoms with Crippen LogP contribution in [-0.2, 0) is 4.79 Å². The van der Waals surface area contributed by atoms with E-state index in [1.54, 1.807) is 6.07 Å². The smallest absolute Gasteiger partial charge is 0.277 e. The van der Waals surface area contributed by atoms with Gasteiger partial charge in [-0.3, -0.25) is 29.8 Å². The average molecular weight is 359 g/mol. The molecule has 2 N–H and O–H groups in total. The van der Waals surface area contributed by atoms with Crippen LogP contribution in [0, 0.1) is 20.2 Å². The monoisotopic (exact) mass is 359 g/mol. The van der Waals surface area contributed by atoms with Crippen molar-refractivity contribution in [3.8, 4) is 5.75 Å². The van der Waals surface area contributed by atoms with Crippen molar-refractivity contribution in [2.75, 3.05) is 10.6 Å². The van der Waals surface area contributed by atoms with E-state index in [4.69, 9.17) is 0 Å². The number of hydrogen-bond acceptors (Lipinski definition) is 7.